The zero-order valence-electron chi connectivity index (χ0n) is 14.1. The summed E-state index contributed by atoms with van der Waals surface area (Å²) in [6.45, 7) is 1.72. The fourth-order valence-electron chi connectivity index (χ4n) is 4.21. The largest absolute Gasteiger partial charge is 0.462 e. The first-order chi connectivity index (χ1) is 11.1. The molecule has 2 bridgehead atoms. The molecule has 3 rings (SSSR count). The van der Waals surface area contributed by atoms with Gasteiger partial charge in [0.05, 0.1) is 6.61 Å². The summed E-state index contributed by atoms with van der Waals surface area (Å²) in [6, 6.07) is 10.6. The fraction of sp³-hybridized carbons (Fsp3) is 0.632. The van der Waals surface area contributed by atoms with Gasteiger partial charge in [-0.2, -0.15) is 0 Å². The number of hydrogen-bond acceptors (Lipinski definition) is 4. The molecule has 1 aromatic rings. The molecule has 1 N–H and O–H groups in total. The Morgan fingerprint density at radius 3 is 2.39 bits per heavy atom. The highest BCUT2D eigenvalue weighted by molar-refractivity contribution is 5.83. The average molecular weight is 317 g/mol. The monoisotopic (exact) mass is 317 g/mol. The first kappa shape index (κ1) is 16.5. The Kier molecular flexibility index (Phi) is 4.74. The van der Waals surface area contributed by atoms with Crippen LogP contribution >= 0.6 is 0 Å². The molecule has 0 radical (unpaired) electrons. The zero-order valence-corrected chi connectivity index (χ0v) is 14.1. The van der Waals surface area contributed by atoms with E-state index < -0.39 is 5.41 Å². The van der Waals surface area contributed by atoms with E-state index >= 15 is 0 Å². The maximum absolute atomic E-state index is 12.9. The van der Waals surface area contributed by atoms with Gasteiger partial charge < -0.3 is 14.7 Å². The molecule has 1 aromatic carbocycles. The third-order valence-corrected chi connectivity index (χ3v) is 5.92. The van der Waals surface area contributed by atoms with E-state index in [2.05, 4.69) is 11.9 Å². The molecular weight excluding hydrogens is 290 g/mol. The van der Waals surface area contributed by atoms with E-state index in [1.54, 1.807) is 0 Å². The molecule has 2 unspecified atom stereocenters. The summed E-state index contributed by atoms with van der Waals surface area (Å²) in [4.78, 5) is 15.3. The molecule has 2 aliphatic rings. The quantitative estimate of drug-likeness (QED) is 0.848. The molecule has 0 aliphatic carbocycles. The molecule has 4 atom stereocenters. The van der Waals surface area contributed by atoms with Crippen molar-refractivity contribution in [3.8, 4) is 0 Å². The second-order valence-electron chi connectivity index (χ2n) is 7.01. The van der Waals surface area contributed by atoms with E-state index in [1.165, 1.54) is 12.8 Å². The molecule has 4 nitrogen and oxygen atoms in total. The van der Waals surface area contributed by atoms with Gasteiger partial charge in [0.25, 0.3) is 0 Å². The van der Waals surface area contributed by atoms with Crippen LogP contribution in [0.4, 0.5) is 0 Å². The number of carbonyl (C=O) groups is 1. The van der Waals surface area contributed by atoms with Crippen LogP contribution in [0.2, 0.25) is 0 Å². The van der Waals surface area contributed by atoms with Crippen molar-refractivity contribution in [3.05, 3.63) is 35.9 Å². The lowest BCUT2D eigenvalue weighted by atomic mass is 9.78. The summed E-state index contributed by atoms with van der Waals surface area (Å²) in [5.41, 5.74) is -0.102. The number of hydrogen-bond donors (Lipinski definition) is 1. The van der Waals surface area contributed by atoms with Crippen molar-refractivity contribution in [1.82, 2.24) is 4.90 Å². The van der Waals surface area contributed by atoms with Crippen LogP contribution in [0.5, 0.6) is 0 Å². The molecule has 2 aliphatic heterocycles. The zero-order chi connectivity index (χ0) is 16.4. The average Bonchev–Trinajstić information content (AvgIpc) is 2.79. The van der Waals surface area contributed by atoms with Crippen LogP contribution in [0.15, 0.2) is 30.3 Å². The minimum atomic E-state index is -0.941. The van der Waals surface area contributed by atoms with Crippen molar-refractivity contribution in [2.24, 2.45) is 0 Å². The number of aliphatic hydroxyl groups is 1. The molecule has 2 heterocycles. The SMILES string of the molecule is CCC(CO)(C(=O)OC1C[C@H]2CC[C@@H](C1)N2C)c1ccccc1. The van der Waals surface area contributed by atoms with Gasteiger partial charge in [-0.25, -0.2) is 0 Å². The van der Waals surface area contributed by atoms with E-state index in [1.807, 2.05) is 37.3 Å². The summed E-state index contributed by atoms with van der Waals surface area (Å²) in [7, 11) is 2.18. The van der Waals surface area contributed by atoms with Gasteiger partial charge in [0.15, 0.2) is 0 Å². The van der Waals surface area contributed by atoms with Crippen LogP contribution < -0.4 is 0 Å². The van der Waals surface area contributed by atoms with Crippen molar-refractivity contribution in [2.45, 2.75) is 62.6 Å². The van der Waals surface area contributed by atoms with Crippen molar-refractivity contribution in [2.75, 3.05) is 13.7 Å². The van der Waals surface area contributed by atoms with Gasteiger partial charge >= 0.3 is 5.97 Å². The van der Waals surface area contributed by atoms with E-state index in [-0.39, 0.29) is 18.7 Å². The predicted molar refractivity (Wildman–Crippen MR) is 89.2 cm³/mol. The van der Waals surface area contributed by atoms with Crippen molar-refractivity contribution in [3.63, 3.8) is 0 Å². The lowest BCUT2D eigenvalue weighted by Gasteiger charge is -2.38. The molecule has 2 fully saturated rings. The third-order valence-electron chi connectivity index (χ3n) is 5.92. The Morgan fingerprint density at radius 2 is 1.87 bits per heavy atom. The Bertz CT molecular complexity index is 527. The Hall–Kier alpha value is -1.39. The summed E-state index contributed by atoms with van der Waals surface area (Å²) < 4.78 is 5.90. The van der Waals surface area contributed by atoms with Crippen LogP contribution in [-0.2, 0) is 14.9 Å². The topological polar surface area (TPSA) is 49.8 Å². The fourth-order valence-corrected chi connectivity index (χ4v) is 4.21. The molecule has 23 heavy (non-hydrogen) atoms. The van der Waals surface area contributed by atoms with Crippen LogP contribution in [-0.4, -0.2) is 47.8 Å². The van der Waals surface area contributed by atoms with Crippen molar-refractivity contribution in [1.29, 1.82) is 0 Å². The van der Waals surface area contributed by atoms with E-state index in [0.29, 0.717) is 18.5 Å². The van der Waals surface area contributed by atoms with E-state index in [0.717, 1.165) is 18.4 Å². The highest BCUT2D eigenvalue weighted by atomic mass is 16.5. The number of aliphatic hydroxyl groups excluding tert-OH is 1. The summed E-state index contributed by atoms with van der Waals surface area (Å²) >= 11 is 0. The molecule has 126 valence electrons. The van der Waals surface area contributed by atoms with Gasteiger partial charge in [0, 0.05) is 12.1 Å². The minimum Gasteiger partial charge on any atom is -0.462 e. The van der Waals surface area contributed by atoms with E-state index in [9.17, 15) is 9.90 Å². The third kappa shape index (κ3) is 2.90. The Morgan fingerprint density at radius 1 is 1.26 bits per heavy atom. The molecule has 4 heteroatoms. The molecule has 0 saturated carbocycles. The normalized spacial score (nSPS) is 30.0. The first-order valence-electron chi connectivity index (χ1n) is 8.70. The smallest absolute Gasteiger partial charge is 0.319 e. The first-order valence-corrected chi connectivity index (χ1v) is 8.70. The van der Waals surface area contributed by atoms with Crippen molar-refractivity contribution >= 4 is 5.97 Å². The minimum absolute atomic E-state index is 0.0163. The number of fused-ring (bicyclic) bond motifs is 2. The number of rotatable bonds is 5. The molecule has 0 amide bonds. The lowest BCUT2D eigenvalue weighted by molar-refractivity contribution is -0.161. The van der Waals surface area contributed by atoms with Gasteiger partial charge in [-0.1, -0.05) is 37.3 Å². The van der Waals surface area contributed by atoms with Gasteiger partial charge in [0.2, 0.25) is 0 Å². The maximum Gasteiger partial charge on any atom is 0.319 e. The Balaban J connectivity index is 1.75. The second kappa shape index (κ2) is 6.62. The number of carbonyl (C=O) groups excluding carboxylic acids is 1. The number of piperidine rings is 1. The van der Waals surface area contributed by atoms with E-state index in [4.69, 9.17) is 4.74 Å². The van der Waals surface area contributed by atoms with Gasteiger partial charge in [-0.05, 0) is 44.7 Å². The highest BCUT2D eigenvalue weighted by Gasteiger charge is 2.44. The van der Waals surface area contributed by atoms with Gasteiger partial charge in [0.1, 0.15) is 11.5 Å². The molecule has 0 spiro atoms. The lowest BCUT2D eigenvalue weighted by Crippen LogP contribution is -2.47. The molecule has 2 saturated heterocycles. The van der Waals surface area contributed by atoms with Gasteiger partial charge in [-0.15, -0.1) is 0 Å². The molecule has 0 aromatic heterocycles. The van der Waals surface area contributed by atoms with Crippen LogP contribution in [0.3, 0.4) is 0 Å². The standard InChI is InChI=1S/C19H27NO3/c1-3-19(13-21,14-7-5-4-6-8-14)18(22)23-17-11-15-9-10-16(12-17)20(15)2/h4-8,15-17,21H,3,9-13H2,1-2H3/t15-,16+,17?,19?. The number of nitrogens with zero attached hydrogens (tertiary/aromatic N) is 1. The highest BCUT2D eigenvalue weighted by Crippen LogP contribution is 2.37. The maximum atomic E-state index is 12.9. The van der Waals surface area contributed by atoms with Crippen LogP contribution in [0.25, 0.3) is 0 Å². The van der Waals surface area contributed by atoms with Crippen molar-refractivity contribution < 1.29 is 14.6 Å². The number of benzene rings is 1. The summed E-state index contributed by atoms with van der Waals surface area (Å²) in [5, 5.41) is 9.98. The molecular formula is C19H27NO3. The summed E-state index contributed by atoms with van der Waals surface area (Å²) in [5.74, 6) is -0.275. The van der Waals surface area contributed by atoms with Crippen LogP contribution in [0, 0.1) is 0 Å². The summed E-state index contributed by atoms with van der Waals surface area (Å²) in [6.07, 6.45) is 4.75. The second-order valence-corrected chi connectivity index (χ2v) is 7.01. The number of esters is 1. The van der Waals surface area contributed by atoms with Crippen LogP contribution in [0.1, 0.15) is 44.6 Å². The predicted octanol–water partition coefficient (Wildman–Crippen LogP) is 2.50. The Labute approximate surface area is 138 Å². The van der Waals surface area contributed by atoms with Gasteiger partial charge in [-0.3, -0.25) is 4.79 Å². The number of ether oxygens (including phenoxy) is 1.